The number of sulfonamides is 1. The van der Waals surface area contributed by atoms with Gasteiger partial charge in [-0.2, -0.15) is 4.72 Å². The van der Waals surface area contributed by atoms with E-state index in [1.54, 1.807) is 54.6 Å². The number of carbonyl (C=O) groups excluding carboxylic acids is 2. The highest BCUT2D eigenvalue weighted by molar-refractivity contribution is 7.89. The quantitative estimate of drug-likeness (QED) is 0.467. The molecule has 0 fully saturated rings. The average molecular weight is 472 g/mol. The first-order valence-electron chi connectivity index (χ1n) is 9.75. The fourth-order valence-electron chi connectivity index (χ4n) is 2.92. The summed E-state index contributed by atoms with van der Waals surface area (Å²) in [4.78, 5) is 25.7. The molecule has 0 aliphatic rings. The van der Waals surface area contributed by atoms with Crippen LogP contribution in [0.2, 0.25) is 5.02 Å². The first-order chi connectivity index (χ1) is 15.3. The van der Waals surface area contributed by atoms with Crippen molar-refractivity contribution in [2.75, 3.05) is 5.32 Å². The summed E-state index contributed by atoms with van der Waals surface area (Å²) in [7, 11) is -3.96. The number of rotatable bonds is 8. The van der Waals surface area contributed by atoms with Gasteiger partial charge in [-0.05, 0) is 48.9 Å². The average Bonchev–Trinajstić information content (AvgIpc) is 2.78. The van der Waals surface area contributed by atoms with Crippen LogP contribution in [-0.2, 0) is 19.6 Å². The standard InChI is InChI=1S/C23H22ClN3O4S/c1-16(27-32(30,31)20-14-12-18(24)13-15-20)22(28)26-21(17-8-4-2-5-9-17)23(29)25-19-10-6-3-7-11-19/h2-16,21,27H,1H3,(H,25,29)(H,26,28)/t16-,21?/m0/s1. The maximum atomic E-state index is 12.9. The molecule has 166 valence electrons. The van der Waals surface area contributed by atoms with E-state index in [4.69, 9.17) is 11.6 Å². The second kappa shape index (κ2) is 10.4. The third-order valence-electron chi connectivity index (χ3n) is 4.57. The smallest absolute Gasteiger partial charge is 0.251 e. The van der Waals surface area contributed by atoms with Crippen LogP contribution >= 0.6 is 11.6 Å². The van der Waals surface area contributed by atoms with Gasteiger partial charge >= 0.3 is 0 Å². The highest BCUT2D eigenvalue weighted by atomic mass is 35.5. The lowest BCUT2D eigenvalue weighted by atomic mass is 10.1. The third-order valence-corrected chi connectivity index (χ3v) is 6.38. The van der Waals surface area contributed by atoms with Gasteiger partial charge in [0.05, 0.1) is 10.9 Å². The van der Waals surface area contributed by atoms with Crippen LogP contribution in [0.4, 0.5) is 5.69 Å². The van der Waals surface area contributed by atoms with Crippen molar-refractivity contribution < 1.29 is 18.0 Å². The van der Waals surface area contributed by atoms with Crippen molar-refractivity contribution in [3.8, 4) is 0 Å². The molecule has 2 amide bonds. The molecule has 3 aromatic rings. The Morgan fingerprint density at radius 2 is 1.38 bits per heavy atom. The molecule has 0 saturated heterocycles. The molecule has 0 heterocycles. The van der Waals surface area contributed by atoms with Gasteiger partial charge in [-0.1, -0.05) is 60.1 Å². The van der Waals surface area contributed by atoms with Gasteiger partial charge in [0.25, 0.3) is 5.91 Å². The number of hydrogen-bond donors (Lipinski definition) is 3. The number of anilines is 1. The summed E-state index contributed by atoms with van der Waals surface area (Å²) in [5.74, 6) is -1.11. The minimum Gasteiger partial charge on any atom is -0.339 e. The summed E-state index contributed by atoms with van der Waals surface area (Å²) >= 11 is 5.80. The van der Waals surface area contributed by atoms with Crippen LogP contribution in [0.1, 0.15) is 18.5 Å². The third kappa shape index (κ3) is 6.16. The van der Waals surface area contributed by atoms with Gasteiger partial charge in [-0.3, -0.25) is 9.59 Å². The summed E-state index contributed by atoms with van der Waals surface area (Å²) in [6, 6.07) is 20.9. The largest absolute Gasteiger partial charge is 0.339 e. The molecule has 0 saturated carbocycles. The van der Waals surface area contributed by atoms with Crippen LogP contribution in [0.15, 0.2) is 89.8 Å². The first-order valence-corrected chi connectivity index (χ1v) is 11.6. The van der Waals surface area contributed by atoms with Crippen LogP contribution in [-0.4, -0.2) is 26.3 Å². The van der Waals surface area contributed by atoms with Crippen LogP contribution in [0.5, 0.6) is 0 Å². The Labute approximate surface area is 191 Å². The predicted octanol–water partition coefficient (Wildman–Crippen LogP) is 3.50. The topological polar surface area (TPSA) is 104 Å². The molecular formula is C23H22ClN3O4S. The lowest BCUT2D eigenvalue weighted by Gasteiger charge is -2.21. The molecule has 7 nitrogen and oxygen atoms in total. The Morgan fingerprint density at radius 3 is 1.97 bits per heavy atom. The van der Waals surface area contributed by atoms with E-state index < -0.39 is 33.9 Å². The highest BCUT2D eigenvalue weighted by Crippen LogP contribution is 2.17. The van der Waals surface area contributed by atoms with Crippen LogP contribution < -0.4 is 15.4 Å². The van der Waals surface area contributed by atoms with Crippen molar-refractivity contribution >= 4 is 39.1 Å². The van der Waals surface area contributed by atoms with E-state index in [0.29, 0.717) is 16.3 Å². The minimum atomic E-state index is -3.96. The molecular weight excluding hydrogens is 450 g/mol. The Balaban J connectivity index is 1.75. The van der Waals surface area contributed by atoms with Gasteiger partial charge in [-0.15, -0.1) is 0 Å². The van der Waals surface area contributed by atoms with Crippen LogP contribution in [0, 0.1) is 0 Å². The number of para-hydroxylation sites is 1. The summed E-state index contributed by atoms with van der Waals surface area (Å²) in [6.07, 6.45) is 0. The second-order valence-corrected chi connectivity index (χ2v) is 9.15. The molecule has 32 heavy (non-hydrogen) atoms. The Hall–Kier alpha value is -3.20. The fraction of sp³-hybridized carbons (Fsp3) is 0.130. The molecule has 1 unspecified atom stereocenters. The number of carbonyl (C=O) groups is 2. The van der Waals surface area contributed by atoms with Crippen LogP contribution in [0.3, 0.4) is 0 Å². The molecule has 3 N–H and O–H groups in total. The maximum Gasteiger partial charge on any atom is 0.251 e. The van der Waals surface area contributed by atoms with Crippen molar-refractivity contribution in [2.24, 2.45) is 0 Å². The molecule has 3 aromatic carbocycles. The zero-order chi connectivity index (χ0) is 23.1. The van der Waals surface area contributed by atoms with E-state index in [2.05, 4.69) is 15.4 Å². The van der Waals surface area contributed by atoms with Crippen molar-refractivity contribution in [1.29, 1.82) is 0 Å². The van der Waals surface area contributed by atoms with Gasteiger partial charge in [0, 0.05) is 10.7 Å². The second-order valence-electron chi connectivity index (χ2n) is 7.00. The number of amides is 2. The predicted molar refractivity (Wildman–Crippen MR) is 124 cm³/mol. The molecule has 2 atom stereocenters. The molecule has 0 aromatic heterocycles. The summed E-state index contributed by atoms with van der Waals surface area (Å²) < 4.78 is 27.5. The van der Waals surface area contributed by atoms with Crippen molar-refractivity contribution in [3.05, 3.63) is 95.5 Å². The van der Waals surface area contributed by atoms with Crippen molar-refractivity contribution in [2.45, 2.75) is 23.9 Å². The SMILES string of the molecule is C[C@H](NS(=O)(=O)c1ccc(Cl)cc1)C(=O)NC(C(=O)Nc1ccccc1)c1ccccc1. The van der Waals surface area contributed by atoms with Gasteiger partial charge in [0.1, 0.15) is 6.04 Å². The first kappa shape index (κ1) is 23.5. The zero-order valence-electron chi connectivity index (χ0n) is 17.2. The van der Waals surface area contributed by atoms with Crippen molar-refractivity contribution in [3.63, 3.8) is 0 Å². The Morgan fingerprint density at radius 1 is 0.812 bits per heavy atom. The fourth-order valence-corrected chi connectivity index (χ4v) is 4.25. The van der Waals surface area contributed by atoms with Gasteiger partial charge in [-0.25, -0.2) is 8.42 Å². The van der Waals surface area contributed by atoms with E-state index in [-0.39, 0.29) is 4.90 Å². The van der Waals surface area contributed by atoms with Crippen molar-refractivity contribution in [1.82, 2.24) is 10.0 Å². The summed E-state index contributed by atoms with van der Waals surface area (Å²) in [5.41, 5.74) is 1.13. The molecule has 0 bridgehead atoms. The van der Waals surface area contributed by atoms with E-state index in [1.807, 2.05) is 6.07 Å². The minimum absolute atomic E-state index is 0.0250. The normalized spacial score (nSPS) is 13.1. The number of nitrogens with one attached hydrogen (secondary N) is 3. The molecule has 3 rings (SSSR count). The lowest BCUT2D eigenvalue weighted by molar-refractivity contribution is -0.127. The van der Waals surface area contributed by atoms with Gasteiger partial charge < -0.3 is 10.6 Å². The Bertz CT molecular complexity index is 1170. The highest BCUT2D eigenvalue weighted by Gasteiger charge is 2.27. The Kier molecular flexibility index (Phi) is 7.63. The van der Waals surface area contributed by atoms with Gasteiger partial charge in [0.15, 0.2) is 0 Å². The van der Waals surface area contributed by atoms with Gasteiger partial charge in [0.2, 0.25) is 15.9 Å². The number of halogens is 1. The molecule has 0 aliphatic carbocycles. The van der Waals surface area contributed by atoms with E-state index >= 15 is 0 Å². The number of hydrogen-bond acceptors (Lipinski definition) is 4. The summed E-state index contributed by atoms with van der Waals surface area (Å²) in [5, 5.41) is 5.79. The molecule has 9 heteroatoms. The maximum absolute atomic E-state index is 12.9. The lowest BCUT2D eigenvalue weighted by Crippen LogP contribution is -2.47. The van der Waals surface area contributed by atoms with E-state index in [0.717, 1.165) is 0 Å². The molecule has 0 radical (unpaired) electrons. The monoisotopic (exact) mass is 471 g/mol. The molecule has 0 aliphatic heterocycles. The molecule has 0 spiro atoms. The van der Waals surface area contributed by atoms with Crippen LogP contribution in [0.25, 0.3) is 0 Å². The van der Waals surface area contributed by atoms with E-state index in [9.17, 15) is 18.0 Å². The summed E-state index contributed by atoms with van der Waals surface area (Å²) in [6.45, 7) is 1.40. The van der Waals surface area contributed by atoms with E-state index in [1.165, 1.54) is 31.2 Å². The zero-order valence-corrected chi connectivity index (χ0v) is 18.7. The number of benzene rings is 3.